The van der Waals surface area contributed by atoms with Gasteiger partial charge in [-0.1, -0.05) is 18.2 Å². The standard InChI is InChI=1S/C15H9N3S/c1-2-4-12-10(3-1)9-13(19-12)15-14-11(5-6-17-15)16-7-8-18-14/h1-9H/i7D. The molecule has 0 aliphatic rings. The summed E-state index contributed by atoms with van der Waals surface area (Å²) in [7, 11) is 0. The molecule has 0 saturated carbocycles. The van der Waals surface area contributed by atoms with Crippen LogP contribution in [0, 0.1) is 0 Å². The van der Waals surface area contributed by atoms with E-state index in [1.165, 1.54) is 16.3 Å². The molecule has 0 N–H and O–H groups in total. The Labute approximate surface area is 115 Å². The monoisotopic (exact) mass is 264 g/mol. The van der Waals surface area contributed by atoms with Crippen molar-refractivity contribution in [2.24, 2.45) is 0 Å². The molecular weight excluding hydrogens is 254 g/mol. The minimum absolute atomic E-state index is 0.172. The molecule has 1 aromatic carbocycles. The summed E-state index contributed by atoms with van der Waals surface area (Å²) in [5.74, 6) is 0. The normalized spacial score (nSPS) is 11.9. The number of thiophene rings is 1. The molecule has 90 valence electrons. The van der Waals surface area contributed by atoms with E-state index in [4.69, 9.17) is 1.37 Å². The van der Waals surface area contributed by atoms with Crippen molar-refractivity contribution in [1.82, 2.24) is 15.0 Å². The lowest BCUT2D eigenvalue weighted by Crippen LogP contribution is -1.88. The second-order valence-corrected chi connectivity index (χ2v) is 5.26. The Morgan fingerprint density at radius 1 is 1.00 bits per heavy atom. The van der Waals surface area contributed by atoms with Crippen LogP contribution in [-0.2, 0) is 0 Å². The number of hydrogen-bond acceptors (Lipinski definition) is 4. The van der Waals surface area contributed by atoms with E-state index in [1.54, 1.807) is 23.6 Å². The zero-order valence-corrected chi connectivity index (χ0v) is 10.7. The molecule has 3 aromatic heterocycles. The average Bonchev–Trinajstić information content (AvgIpc) is 2.90. The lowest BCUT2D eigenvalue weighted by Gasteiger charge is -2.00. The van der Waals surface area contributed by atoms with Crippen molar-refractivity contribution < 1.29 is 1.37 Å². The van der Waals surface area contributed by atoms with Crippen LogP contribution >= 0.6 is 11.3 Å². The van der Waals surface area contributed by atoms with Gasteiger partial charge in [-0.15, -0.1) is 11.3 Å². The molecule has 0 amide bonds. The second kappa shape index (κ2) is 4.10. The first-order valence-corrected chi connectivity index (χ1v) is 6.70. The summed E-state index contributed by atoms with van der Waals surface area (Å²) in [6, 6.07) is 12.2. The largest absolute Gasteiger partial charge is 0.253 e. The van der Waals surface area contributed by atoms with E-state index < -0.39 is 0 Å². The highest BCUT2D eigenvalue weighted by molar-refractivity contribution is 7.22. The highest BCUT2D eigenvalue weighted by atomic mass is 32.1. The molecule has 19 heavy (non-hydrogen) atoms. The lowest BCUT2D eigenvalue weighted by atomic mass is 10.2. The number of benzene rings is 1. The van der Waals surface area contributed by atoms with Crippen LogP contribution in [0.2, 0.25) is 0 Å². The van der Waals surface area contributed by atoms with Crippen LogP contribution in [0.15, 0.2) is 55.0 Å². The maximum Gasteiger partial charge on any atom is 0.116 e. The molecule has 0 unspecified atom stereocenters. The van der Waals surface area contributed by atoms with Gasteiger partial charge in [-0.3, -0.25) is 15.0 Å². The van der Waals surface area contributed by atoms with Gasteiger partial charge in [0.15, 0.2) is 0 Å². The van der Waals surface area contributed by atoms with Gasteiger partial charge in [0.1, 0.15) is 11.2 Å². The maximum absolute atomic E-state index is 7.55. The predicted molar refractivity (Wildman–Crippen MR) is 78.2 cm³/mol. The van der Waals surface area contributed by atoms with Crippen molar-refractivity contribution in [3.05, 3.63) is 55.0 Å². The van der Waals surface area contributed by atoms with Gasteiger partial charge in [0.05, 0.1) is 11.8 Å². The summed E-state index contributed by atoms with van der Waals surface area (Å²) in [6.45, 7) is 0. The Morgan fingerprint density at radius 3 is 2.89 bits per heavy atom. The molecule has 4 rings (SSSR count). The molecule has 0 aliphatic carbocycles. The van der Waals surface area contributed by atoms with E-state index in [0.717, 1.165) is 16.1 Å². The Kier molecular flexibility index (Phi) is 2.07. The number of fused-ring (bicyclic) bond motifs is 2. The number of hydrogen-bond donors (Lipinski definition) is 0. The van der Waals surface area contributed by atoms with Crippen LogP contribution in [0.1, 0.15) is 1.37 Å². The van der Waals surface area contributed by atoms with Crippen molar-refractivity contribution in [1.29, 1.82) is 0 Å². The summed E-state index contributed by atoms with van der Waals surface area (Å²) in [5.41, 5.74) is 2.28. The minimum Gasteiger partial charge on any atom is -0.253 e. The first kappa shape index (κ1) is 9.58. The molecule has 4 heteroatoms. The minimum atomic E-state index is 0.172. The van der Waals surface area contributed by atoms with E-state index in [0.29, 0.717) is 5.52 Å². The third kappa shape index (κ3) is 1.69. The molecule has 0 saturated heterocycles. The zero-order chi connectivity index (χ0) is 13.5. The summed E-state index contributed by atoms with van der Waals surface area (Å²) in [6.07, 6.45) is 3.35. The summed E-state index contributed by atoms with van der Waals surface area (Å²) < 4.78 is 8.78. The fourth-order valence-electron chi connectivity index (χ4n) is 2.13. The number of rotatable bonds is 1. The first-order valence-electron chi connectivity index (χ1n) is 6.38. The van der Waals surface area contributed by atoms with Crippen LogP contribution in [0.25, 0.3) is 31.7 Å². The third-order valence-corrected chi connectivity index (χ3v) is 4.12. The lowest BCUT2D eigenvalue weighted by molar-refractivity contribution is 1.25. The molecule has 0 fully saturated rings. The molecule has 0 aliphatic heterocycles. The molecule has 0 bridgehead atoms. The highest BCUT2D eigenvalue weighted by Crippen LogP contribution is 2.34. The van der Waals surface area contributed by atoms with Gasteiger partial charge in [-0.05, 0) is 23.6 Å². The summed E-state index contributed by atoms with van der Waals surface area (Å²) in [5, 5.41) is 1.20. The van der Waals surface area contributed by atoms with Crippen molar-refractivity contribution in [3.63, 3.8) is 0 Å². The van der Waals surface area contributed by atoms with Crippen LogP contribution < -0.4 is 0 Å². The average molecular weight is 264 g/mol. The fourth-order valence-corrected chi connectivity index (χ4v) is 3.19. The van der Waals surface area contributed by atoms with Crippen LogP contribution in [0.4, 0.5) is 0 Å². The van der Waals surface area contributed by atoms with Gasteiger partial charge in [0.25, 0.3) is 0 Å². The van der Waals surface area contributed by atoms with E-state index in [1.807, 2.05) is 12.1 Å². The molecule has 4 aromatic rings. The van der Waals surface area contributed by atoms with Crippen molar-refractivity contribution in [3.8, 4) is 10.6 Å². The summed E-state index contributed by atoms with van der Waals surface area (Å²) in [4.78, 5) is 14.0. The van der Waals surface area contributed by atoms with Crippen molar-refractivity contribution >= 4 is 32.5 Å². The van der Waals surface area contributed by atoms with Crippen LogP contribution in [0.5, 0.6) is 0 Å². The zero-order valence-electron chi connectivity index (χ0n) is 10.9. The molecule has 3 heterocycles. The van der Waals surface area contributed by atoms with Gasteiger partial charge in [-0.2, -0.15) is 0 Å². The third-order valence-electron chi connectivity index (χ3n) is 3.00. The van der Waals surface area contributed by atoms with Gasteiger partial charge in [0.2, 0.25) is 0 Å². The van der Waals surface area contributed by atoms with E-state index in [2.05, 4.69) is 33.2 Å². The topological polar surface area (TPSA) is 38.7 Å². The number of pyridine rings is 1. The Bertz CT molecular complexity index is 900. The van der Waals surface area contributed by atoms with Gasteiger partial charge >= 0.3 is 0 Å². The van der Waals surface area contributed by atoms with Gasteiger partial charge in [0, 0.05) is 23.3 Å². The number of aromatic nitrogens is 3. The van der Waals surface area contributed by atoms with Gasteiger partial charge in [-0.25, -0.2) is 0 Å². The maximum atomic E-state index is 7.55. The van der Waals surface area contributed by atoms with E-state index in [9.17, 15) is 0 Å². The molecule has 3 nitrogen and oxygen atoms in total. The fraction of sp³-hybridized carbons (Fsp3) is 0. The number of nitrogens with zero attached hydrogens (tertiary/aromatic N) is 3. The van der Waals surface area contributed by atoms with Crippen molar-refractivity contribution in [2.75, 3.05) is 0 Å². The van der Waals surface area contributed by atoms with E-state index in [-0.39, 0.29) is 6.17 Å². The van der Waals surface area contributed by atoms with Gasteiger partial charge < -0.3 is 0 Å². The Hall–Kier alpha value is -2.33. The molecule has 0 atom stereocenters. The molecule has 0 radical (unpaired) electrons. The Balaban J connectivity index is 2.01. The van der Waals surface area contributed by atoms with Crippen LogP contribution in [-0.4, -0.2) is 15.0 Å². The quantitative estimate of drug-likeness (QED) is 0.523. The van der Waals surface area contributed by atoms with E-state index >= 15 is 0 Å². The highest BCUT2D eigenvalue weighted by Gasteiger charge is 2.10. The predicted octanol–water partition coefficient (Wildman–Crippen LogP) is 3.91. The summed E-state index contributed by atoms with van der Waals surface area (Å²) >= 11 is 1.69. The SMILES string of the molecule is [2H]c1cnc2c(-c3cc4ccccc4s3)nccc2n1. The Morgan fingerprint density at radius 2 is 1.95 bits per heavy atom. The van der Waals surface area contributed by atoms with Crippen molar-refractivity contribution in [2.45, 2.75) is 0 Å². The molecular formula is C15H9N3S. The van der Waals surface area contributed by atoms with Crippen LogP contribution in [0.3, 0.4) is 0 Å². The smallest absolute Gasteiger partial charge is 0.116 e. The second-order valence-electron chi connectivity index (χ2n) is 4.17. The first-order chi connectivity index (χ1) is 9.81. The molecule has 0 spiro atoms.